The van der Waals surface area contributed by atoms with E-state index in [2.05, 4.69) is 4.74 Å². The van der Waals surface area contributed by atoms with Crippen LogP contribution in [-0.4, -0.2) is 170 Å². The maximum atomic E-state index is 13.5. The van der Waals surface area contributed by atoms with Crippen molar-refractivity contribution in [2.24, 2.45) is 0 Å². The second kappa shape index (κ2) is 35.8. The van der Waals surface area contributed by atoms with Gasteiger partial charge >= 0.3 is 5.97 Å². The predicted octanol–water partition coefficient (Wildman–Crippen LogP) is 3.12. The number of carbonyl (C=O) groups excluding carboxylic acids is 1. The molecule has 0 spiro atoms. The molecule has 0 aliphatic rings. The molecule has 0 saturated carbocycles. The summed E-state index contributed by atoms with van der Waals surface area (Å²) in [6.07, 6.45) is -0.489. The highest BCUT2D eigenvalue weighted by Crippen LogP contribution is 2.29. The maximum Gasteiger partial charge on any atom is 0.313 e. The summed E-state index contributed by atoms with van der Waals surface area (Å²) >= 11 is 5.50. The molecule has 53 heavy (non-hydrogen) atoms. The Bertz CT molecular complexity index is 1010. The van der Waals surface area contributed by atoms with Gasteiger partial charge in [0.2, 0.25) is 34.8 Å². The lowest BCUT2D eigenvalue weighted by molar-refractivity contribution is -0.136. The van der Waals surface area contributed by atoms with Gasteiger partial charge in [-0.1, -0.05) is 0 Å². The highest BCUT2D eigenvalue weighted by molar-refractivity contribution is 6.17. The predicted molar refractivity (Wildman–Crippen MR) is 177 cm³/mol. The molecule has 14 nitrogen and oxygen atoms in total. The van der Waals surface area contributed by atoms with Gasteiger partial charge in [-0.3, -0.25) is 4.79 Å². The van der Waals surface area contributed by atoms with Crippen molar-refractivity contribution in [3.8, 4) is 5.75 Å². The largest absolute Gasteiger partial charge is 0.420 e. The summed E-state index contributed by atoms with van der Waals surface area (Å²) in [4.78, 5) is 11.6. The molecule has 20 heteroatoms. The zero-order valence-electron chi connectivity index (χ0n) is 29.9. The van der Waals surface area contributed by atoms with E-state index in [1.54, 1.807) is 0 Å². The van der Waals surface area contributed by atoms with E-state index in [1.807, 2.05) is 0 Å². The van der Waals surface area contributed by atoms with Gasteiger partial charge in [0.25, 0.3) is 0 Å². The van der Waals surface area contributed by atoms with Gasteiger partial charge in [0, 0.05) is 5.88 Å². The Morgan fingerprint density at radius 3 is 0.792 bits per heavy atom. The van der Waals surface area contributed by atoms with Crippen LogP contribution >= 0.6 is 11.6 Å². The number of esters is 1. The smallest absolute Gasteiger partial charge is 0.313 e. The fraction of sp³-hybridized carbons (Fsp3) is 0.788. The standard InChI is InChI=1S/C33H52ClF5O14/c34-2-4-42-6-8-44-10-12-46-14-16-48-18-20-50-22-24-52-26-25-51-23-21-49-19-17-47-15-13-45-11-9-43-7-5-41-3-1-27(40)53-33-31(38)29(36)28(35)30(37)32(33)39/h1-26H2. The molecular weight excluding hydrogens is 751 g/mol. The van der Waals surface area contributed by atoms with Gasteiger partial charge in [-0.2, -0.15) is 8.78 Å². The van der Waals surface area contributed by atoms with Crippen LogP contribution in [0.15, 0.2) is 0 Å². The van der Waals surface area contributed by atoms with Gasteiger partial charge in [0.1, 0.15) is 0 Å². The van der Waals surface area contributed by atoms with Crippen molar-refractivity contribution in [2.75, 3.05) is 164 Å². The van der Waals surface area contributed by atoms with Crippen LogP contribution in [0.1, 0.15) is 6.42 Å². The van der Waals surface area contributed by atoms with E-state index in [0.29, 0.717) is 138 Å². The lowest BCUT2D eigenvalue weighted by Gasteiger charge is -2.09. The van der Waals surface area contributed by atoms with Crippen LogP contribution in [0, 0.1) is 29.1 Å². The summed E-state index contributed by atoms with van der Waals surface area (Å²) in [6.45, 7) is 9.30. The lowest BCUT2D eigenvalue weighted by atomic mass is 10.2. The topological polar surface area (TPSA) is 137 Å². The fourth-order valence-electron chi connectivity index (χ4n) is 3.57. The third kappa shape index (κ3) is 27.4. The van der Waals surface area contributed by atoms with Crippen molar-refractivity contribution in [2.45, 2.75) is 6.42 Å². The first kappa shape index (κ1) is 49.2. The quantitative estimate of drug-likeness (QED) is 0.0183. The number of ether oxygens (including phenoxy) is 13. The summed E-state index contributed by atoms with van der Waals surface area (Å²) < 4.78 is 135. The van der Waals surface area contributed by atoms with Gasteiger partial charge in [-0.15, -0.1) is 11.6 Å². The molecule has 1 aromatic carbocycles. The molecule has 0 aliphatic carbocycles. The van der Waals surface area contributed by atoms with Gasteiger partial charge in [0.15, 0.2) is 0 Å². The SMILES string of the molecule is O=C(CCOCCOCCOCCOCCOCCOCCOCCOCCOCCOCCOCCOCCCl)Oc1c(F)c(F)c(F)c(F)c1F. The van der Waals surface area contributed by atoms with Crippen LogP contribution in [0.3, 0.4) is 0 Å². The Hall–Kier alpha value is -1.85. The molecule has 1 aromatic rings. The molecule has 0 atom stereocenters. The second-order valence-corrected chi connectivity index (χ2v) is 10.5. The van der Waals surface area contributed by atoms with Crippen molar-refractivity contribution in [3.63, 3.8) is 0 Å². The van der Waals surface area contributed by atoms with E-state index in [1.165, 1.54) is 0 Å². The van der Waals surface area contributed by atoms with Crippen LogP contribution in [0.25, 0.3) is 0 Å². The monoisotopic (exact) mass is 802 g/mol. The molecular formula is C33H52ClF5O14. The van der Waals surface area contributed by atoms with E-state index < -0.39 is 47.2 Å². The highest BCUT2D eigenvalue weighted by atomic mass is 35.5. The molecule has 0 saturated heterocycles. The average Bonchev–Trinajstić information content (AvgIpc) is 3.16. The minimum atomic E-state index is -2.35. The lowest BCUT2D eigenvalue weighted by Crippen LogP contribution is -2.16. The average molecular weight is 803 g/mol. The summed E-state index contributed by atoms with van der Waals surface area (Å²) in [6, 6.07) is 0. The number of benzene rings is 1. The zero-order valence-corrected chi connectivity index (χ0v) is 30.6. The first-order valence-electron chi connectivity index (χ1n) is 17.1. The number of hydrogen-bond donors (Lipinski definition) is 0. The highest BCUT2D eigenvalue weighted by Gasteiger charge is 2.28. The second-order valence-electron chi connectivity index (χ2n) is 10.2. The van der Waals surface area contributed by atoms with Crippen LogP contribution in [-0.2, 0) is 61.6 Å². The Morgan fingerprint density at radius 2 is 0.547 bits per heavy atom. The normalized spacial score (nSPS) is 11.5. The maximum absolute atomic E-state index is 13.5. The van der Waals surface area contributed by atoms with Gasteiger partial charge in [-0.25, -0.2) is 13.2 Å². The number of carbonyl (C=O) groups is 1. The van der Waals surface area contributed by atoms with Crippen LogP contribution in [0.2, 0.25) is 0 Å². The van der Waals surface area contributed by atoms with E-state index in [-0.39, 0.29) is 26.4 Å². The molecule has 0 aliphatic heterocycles. The van der Waals surface area contributed by atoms with Crippen LogP contribution in [0.4, 0.5) is 22.0 Å². The minimum Gasteiger partial charge on any atom is -0.420 e. The van der Waals surface area contributed by atoms with E-state index in [9.17, 15) is 26.7 Å². The van der Waals surface area contributed by atoms with Crippen molar-refractivity contribution in [1.29, 1.82) is 0 Å². The molecule has 0 fully saturated rings. The molecule has 0 unspecified atom stereocenters. The summed E-state index contributed by atoms with van der Waals surface area (Å²) in [5.41, 5.74) is 0. The molecule has 0 aromatic heterocycles. The van der Waals surface area contributed by atoms with Crippen molar-refractivity contribution in [1.82, 2.24) is 0 Å². The molecule has 0 amide bonds. The van der Waals surface area contributed by atoms with Crippen LogP contribution in [0.5, 0.6) is 5.75 Å². The van der Waals surface area contributed by atoms with Gasteiger partial charge in [0.05, 0.1) is 165 Å². The molecule has 0 N–H and O–H groups in total. The van der Waals surface area contributed by atoms with E-state index >= 15 is 0 Å². The van der Waals surface area contributed by atoms with E-state index in [0.717, 1.165) is 0 Å². The number of hydrogen-bond acceptors (Lipinski definition) is 14. The molecule has 0 heterocycles. The Kier molecular flexibility index (Phi) is 33.2. The minimum absolute atomic E-state index is 0.0782. The molecule has 0 radical (unpaired) electrons. The summed E-state index contributed by atoms with van der Waals surface area (Å²) in [7, 11) is 0. The Morgan fingerprint density at radius 1 is 0.340 bits per heavy atom. The number of rotatable bonds is 39. The number of halogens is 6. The zero-order chi connectivity index (χ0) is 38.6. The van der Waals surface area contributed by atoms with E-state index in [4.69, 9.17) is 68.4 Å². The molecule has 1 rings (SSSR count). The van der Waals surface area contributed by atoms with Crippen LogP contribution < -0.4 is 4.74 Å². The molecule has 0 bridgehead atoms. The first-order chi connectivity index (χ1) is 25.9. The third-order valence-electron chi connectivity index (χ3n) is 6.15. The number of alkyl halides is 1. The first-order valence-corrected chi connectivity index (χ1v) is 17.6. The van der Waals surface area contributed by atoms with Gasteiger partial charge < -0.3 is 61.6 Å². The summed E-state index contributed by atoms with van der Waals surface area (Å²) in [5.74, 6) is -13.7. The third-order valence-corrected chi connectivity index (χ3v) is 6.30. The Balaban J connectivity index is 1.72. The van der Waals surface area contributed by atoms with Gasteiger partial charge in [-0.05, 0) is 0 Å². The Labute approximate surface area is 311 Å². The van der Waals surface area contributed by atoms with Crippen molar-refractivity contribution >= 4 is 17.6 Å². The van der Waals surface area contributed by atoms with Crippen molar-refractivity contribution < 1.29 is 88.3 Å². The molecule has 310 valence electrons. The fourth-order valence-corrected chi connectivity index (χ4v) is 3.68. The summed E-state index contributed by atoms with van der Waals surface area (Å²) in [5, 5.41) is 0. The van der Waals surface area contributed by atoms with Crippen molar-refractivity contribution in [3.05, 3.63) is 29.1 Å².